The van der Waals surface area contributed by atoms with Crippen molar-refractivity contribution in [2.75, 3.05) is 9.62 Å². The molecule has 0 aliphatic rings. The van der Waals surface area contributed by atoms with Crippen molar-refractivity contribution in [3.63, 3.8) is 0 Å². The zero-order valence-corrected chi connectivity index (χ0v) is 22.2. The molecule has 1 heterocycles. The minimum absolute atomic E-state index is 0.0743. The quantitative estimate of drug-likeness (QED) is 0.218. The molecule has 0 fully saturated rings. The predicted molar refractivity (Wildman–Crippen MR) is 149 cm³/mol. The Kier molecular flexibility index (Phi) is 7.84. The number of fused-ring (bicyclic) bond motifs is 1. The Morgan fingerprint density at radius 2 is 1.56 bits per heavy atom. The van der Waals surface area contributed by atoms with Crippen LogP contribution in [0.4, 0.5) is 11.4 Å². The summed E-state index contributed by atoms with van der Waals surface area (Å²) in [6.07, 6.45) is 0. The van der Waals surface area contributed by atoms with Crippen molar-refractivity contribution in [1.82, 2.24) is 0 Å². The normalized spacial score (nSPS) is 12.7. The van der Waals surface area contributed by atoms with E-state index < -0.39 is 41.0 Å². The first-order chi connectivity index (χ1) is 18.5. The lowest BCUT2D eigenvalue weighted by atomic mass is 10.0. The molecule has 5 N–H and O–H groups in total. The third kappa shape index (κ3) is 5.54. The number of aryl methyl sites for hydroxylation is 1. The van der Waals surface area contributed by atoms with E-state index in [9.17, 15) is 28.3 Å². The summed E-state index contributed by atoms with van der Waals surface area (Å²) < 4.78 is 28.4. The Bertz CT molecular complexity index is 1580. The number of hydrogen-bond acceptors (Lipinski definition) is 5. The molecule has 0 bridgehead atoms. The van der Waals surface area contributed by atoms with Crippen molar-refractivity contribution < 1.29 is 32.7 Å². The van der Waals surface area contributed by atoms with Gasteiger partial charge in [-0.25, -0.2) is 9.00 Å². The lowest BCUT2D eigenvalue weighted by Crippen LogP contribution is -2.45. The molecule has 0 saturated heterocycles. The third-order valence-electron chi connectivity index (χ3n) is 6.33. The maximum atomic E-state index is 12.9. The summed E-state index contributed by atoms with van der Waals surface area (Å²) in [4.78, 5) is 36.4. The van der Waals surface area contributed by atoms with E-state index in [1.807, 2.05) is 0 Å². The smallest absolute Gasteiger partial charge is 0.327 e. The Balaban J connectivity index is 1.53. The Morgan fingerprint density at radius 1 is 0.974 bits per heavy atom. The third-order valence-corrected chi connectivity index (χ3v) is 7.10. The van der Waals surface area contributed by atoms with E-state index in [2.05, 4.69) is 5.32 Å². The van der Waals surface area contributed by atoms with Crippen LogP contribution in [0.5, 0.6) is 0 Å². The van der Waals surface area contributed by atoms with Gasteiger partial charge in [0.2, 0.25) is 5.91 Å². The van der Waals surface area contributed by atoms with E-state index in [0.717, 1.165) is 15.4 Å². The van der Waals surface area contributed by atoms with Crippen molar-refractivity contribution in [2.45, 2.75) is 26.8 Å². The highest BCUT2D eigenvalue weighted by molar-refractivity contribution is 7.80. The average Bonchev–Trinajstić information content (AvgIpc) is 3.23. The van der Waals surface area contributed by atoms with Gasteiger partial charge >= 0.3 is 5.97 Å². The molecule has 3 aromatic carbocycles. The molecule has 39 heavy (non-hydrogen) atoms. The standard InChI is InChI=1S/C28H27N3O7S/c1-15(2)24(28(34)35)31(39(36)37)20-13-9-18(10-14-20)17-7-11-19(12-8-17)30-27(33)25-16(3)23-21(26(29)32)5-4-6-22(23)38-25/h4-15,24H,1-3H3,(H2,29,32)(H,30,33)(H,34,35)(H,36,37). The van der Waals surface area contributed by atoms with E-state index >= 15 is 0 Å². The molecule has 202 valence electrons. The first-order valence-electron chi connectivity index (χ1n) is 12.0. The van der Waals surface area contributed by atoms with Crippen LogP contribution in [0.25, 0.3) is 22.1 Å². The van der Waals surface area contributed by atoms with E-state index in [0.29, 0.717) is 27.9 Å². The number of carboxylic acids is 1. The van der Waals surface area contributed by atoms with Crippen LogP contribution in [0, 0.1) is 12.8 Å². The molecule has 0 aliphatic carbocycles. The Labute approximate surface area is 226 Å². The minimum atomic E-state index is -2.53. The molecule has 2 atom stereocenters. The topological polar surface area (TPSA) is 163 Å². The monoisotopic (exact) mass is 549 g/mol. The molecule has 10 nitrogen and oxygen atoms in total. The maximum Gasteiger partial charge on any atom is 0.327 e. The van der Waals surface area contributed by atoms with Gasteiger partial charge in [-0.3, -0.25) is 18.4 Å². The van der Waals surface area contributed by atoms with E-state index in [1.54, 1.807) is 87.5 Å². The van der Waals surface area contributed by atoms with Crippen molar-refractivity contribution in [2.24, 2.45) is 11.7 Å². The van der Waals surface area contributed by atoms with Gasteiger partial charge in [-0.1, -0.05) is 44.2 Å². The number of primary amides is 1. The van der Waals surface area contributed by atoms with Gasteiger partial charge in [-0.05, 0) is 60.4 Å². The summed E-state index contributed by atoms with van der Waals surface area (Å²) in [6, 6.07) is 17.3. The largest absolute Gasteiger partial charge is 0.480 e. The number of benzene rings is 3. The van der Waals surface area contributed by atoms with Crippen LogP contribution in [0.1, 0.15) is 40.3 Å². The summed E-state index contributed by atoms with van der Waals surface area (Å²) in [6.45, 7) is 5.02. The van der Waals surface area contributed by atoms with Gasteiger partial charge in [0, 0.05) is 16.6 Å². The number of amides is 2. The van der Waals surface area contributed by atoms with Crippen LogP contribution >= 0.6 is 0 Å². The molecule has 0 saturated carbocycles. The number of carboxylic acid groups (broad SMARTS) is 1. The van der Waals surface area contributed by atoms with E-state index in [1.165, 1.54) is 0 Å². The van der Waals surface area contributed by atoms with Crippen LogP contribution < -0.4 is 15.4 Å². The van der Waals surface area contributed by atoms with Gasteiger partial charge in [0.1, 0.15) is 11.6 Å². The minimum Gasteiger partial charge on any atom is -0.480 e. The molecule has 0 radical (unpaired) electrons. The van der Waals surface area contributed by atoms with Gasteiger partial charge in [0.05, 0.1) is 11.3 Å². The SMILES string of the molecule is Cc1c(C(=O)Nc2ccc(-c3ccc(N(C(C(=O)O)C(C)C)S(=O)O)cc3)cc2)oc2cccc(C(N)=O)c12. The fourth-order valence-corrected chi connectivity index (χ4v) is 5.29. The van der Waals surface area contributed by atoms with Gasteiger partial charge in [0.25, 0.3) is 17.2 Å². The van der Waals surface area contributed by atoms with Crippen LogP contribution in [-0.4, -0.2) is 37.7 Å². The van der Waals surface area contributed by atoms with Crippen molar-refractivity contribution in [1.29, 1.82) is 0 Å². The number of rotatable bonds is 9. The lowest BCUT2D eigenvalue weighted by Gasteiger charge is -2.29. The summed E-state index contributed by atoms with van der Waals surface area (Å²) >= 11 is -2.53. The number of carbonyl (C=O) groups excluding carboxylic acids is 2. The highest BCUT2D eigenvalue weighted by atomic mass is 32.2. The number of anilines is 2. The Morgan fingerprint density at radius 3 is 2.08 bits per heavy atom. The number of aliphatic carboxylic acids is 1. The summed E-state index contributed by atoms with van der Waals surface area (Å²) in [7, 11) is 0. The zero-order chi connectivity index (χ0) is 28.4. The number of nitrogens with two attached hydrogens (primary N) is 1. The van der Waals surface area contributed by atoms with Gasteiger partial charge < -0.3 is 20.6 Å². The predicted octanol–water partition coefficient (Wildman–Crippen LogP) is 4.81. The zero-order valence-electron chi connectivity index (χ0n) is 21.4. The molecular formula is C28H27N3O7S. The molecular weight excluding hydrogens is 522 g/mol. The maximum absolute atomic E-state index is 12.9. The van der Waals surface area contributed by atoms with E-state index in [4.69, 9.17) is 10.2 Å². The summed E-state index contributed by atoms with van der Waals surface area (Å²) in [5, 5.41) is 12.8. The second-order valence-electron chi connectivity index (χ2n) is 9.26. The summed E-state index contributed by atoms with van der Waals surface area (Å²) in [5.74, 6) is -2.62. The molecule has 4 rings (SSSR count). The molecule has 0 spiro atoms. The number of nitrogens with zero attached hydrogens (tertiary/aromatic N) is 1. The van der Waals surface area contributed by atoms with Crippen LogP contribution in [-0.2, 0) is 16.1 Å². The second-order valence-corrected chi connectivity index (χ2v) is 10.1. The molecule has 1 aromatic heterocycles. The van der Waals surface area contributed by atoms with Gasteiger partial charge in [0.15, 0.2) is 5.76 Å². The van der Waals surface area contributed by atoms with Crippen LogP contribution in [0.3, 0.4) is 0 Å². The highest BCUT2D eigenvalue weighted by Crippen LogP contribution is 2.30. The number of furan rings is 1. The van der Waals surface area contributed by atoms with Gasteiger partial charge in [-0.2, -0.15) is 0 Å². The van der Waals surface area contributed by atoms with Crippen molar-refractivity contribution >= 4 is 51.4 Å². The summed E-state index contributed by atoms with van der Waals surface area (Å²) in [5.41, 5.74) is 9.03. The van der Waals surface area contributed by atoms with Gasteiger partial charge in [-0.15, -0.1) is 0 Å². The molecule has 2 unspecified atom stereocenters. The fraction of sp³-hybridized carbons (Fsp3) is 0.179. The van der Waals surface area contributed by atoms with Crippen LogP contribution in [0.15, 0.2) is 71.1 Å². The highest BCUT2D eigenvalue weighted by Gasteiger charge is 2.32. The average molecular weight is 550 g/mol. The number of hydrogen-bond donors (Lipinski definition) is 4. The molecule has 2 amide bonds. The second kappa shape index (κ2) is 11.1. The first-order valence-corrected chi connectivity index (χ1v) is 13.0. The molecule has 0 aliphatic heterocycles. The van der Waals surface area contributed by atoms with Crippen molar-refractivity contribution in [3.8, 4) is 11.1 Å². The first kappa shape index (κ1) is 27.6. The van der Waals surface area contributed by atoms with Crippen molar-refractivity contribution in [3.05, 3.63) is 83.6 Å². The molecule has 4 aromatic rings. The Hall–Kier alpha value is -4.48. The molecule has 11 heteroatoms. The van der Waals surface area contributed by atoms with Crippen LogP contribution in [0.2, 0.25) is 0 Å². The number of carbonyl (C=O) groups is 3. The lowest BCUT2D eigenvalue weighted by molar-refractivity contribution is -0.139. The van der Waals surface area contributed by atoms with E-state index in [-0.39, 0.29) is 11.3 Å². The number of nitrogens with one attached hydrogen (secondary N) is 1. The fourth-order valence-electron chi connectivity index (χ4n) is 4.46.